The first-order chi connectivity index (χ1) is 10.3. The van der Waals surface area contributed by atoms with Gasteiger partial charge in [0.15, 0.2) is 9.84 Å². The van der Waals surface area contributed by atoms with E-state index in [0.717, 1.165) is 12.0 Å². The summed E-state index contributed by atoms with van der Waals surface area (Å²) in [6.07, 6.45) is 13.0. The van der Waals surface area contributed by atoms with Gasteiger partial charge in [-0.2, -0.15) is 0 Å². The molecule has 22 heavy (non-hydrogen) atoms. The van der Waals surface area contributed by atoms with Gasteiger partial charge in [-0.15, -0.1) is 0 Å². The van der Waals surface area contributed by atoms with Crippen LogP contribution in [0.5, 0.6) is 0 Å². The average Bonchev–Trinajstić information content (AvgIpc) is 2.90. The first kappa shape index (κ1) is 18.9. The number of nitrogens with zero attached hydrogens (tertiary/aromatic N) is 2. The third-order valence-corrected chi connectivity index (χ3v) is 4.60. The van der Waals surface area contributed by atoms with E-state index in [9.17, 15) is 8.42 Å². The van der Waals surface area contributed by atoms with Gasteiger partial charge in [0.1, 0.15) is 5.84 Å². The molecular weight excluding hydrogens is 296 g/mol. The Kier molecular flexibility index (Phi) is 7.87. The molecule has 0 N–H and O–H groups in total. The fourth-order valence-corrected chi connectivity index (χ4v) is 3.26. The quantitative estimate of drug-likeness (QED) is 0.410. The van der Waals surface area contributed by atoms with Crippen LogP contribution < -0.4 is 0 Å². The number of allylic oxidation sites excluding steroid dienone is 1. The van der Waals surface area contributed by atoms with Crippen molar-refractivity contribution in [3.8, 4) is 0 Å². The van der Waals surface area contributed by atoms with E-state index in [4.69, 9.17) is 4.99 Å². The number of hydrogen-bond donors (Lipinski definition) is 0. The normalized spacial score (nSPS) is 18.4. The lowest BCUT2D eigenvalue weighted by Gasteiger charge is -2.21. The molecule has 0 aromatic carbocycles. The third kappa shape index (κ3) is 7.25. The lowest BCUT2D eigenvalue weighted by atomic mass is 10.1. The van der Waals surface area contributed by atoms with Crippen molar-refractivity contribution >= 4 is 15.7 Å². The van der Waals surface area contributed by atoms with Crippen molar-refractivity contribution in [2.75, 3.05) is 32.6 Å². The van der Waals surface area contributed by atoms with E-state index >= 15 is 0 Å². The topological polar surface area (TPSA) is 49.7 Å². The second-order valence-electron chi connectivity index (χ2n) is 6.23. The van der Waals surface area contributed by atoms with Gasteiger partial charge >= 0.3 is 0 Å². The highest BCUT2D eigenvalue weighted by molar-refractivity contribution is 7.90. The molecule has 0 saturated heterocycles. The van der Waals surface area contributed by atoms with Crippen molar-refractivity contribution in [2.24, 2.45) is 10.9 Å². The molecule has 0 aromatic rings. The Morgan fingerprint density at radius 2 is 1.91 bits per heavy atom. The zero-order chi connectivity index (χ0) is 16.6. The average molecular weight is 327 g/mol. The van der Waals surface area contributed by atoms with Gasteiger partial charge in [-0.1, -0.05) is 38.0 Å². The molecule has 1 aliphatic rings. The molecule has 4 nitrogen and oxygen atoms in total. The molecule has 0 aromatic heterocycles. The van der Waals surface area contributed by atoms with Gasteiger partial charge in [-0.25, -0.2) is 8.42 Å². The second-order valence-corrected chi connectivity index (χ2v) is 8.42. The lowest BCUT2D eigenvalue weighted by Crippen LogP contribution is -2.29. The van der Waals surface area contributed by atoms with Crippen molar-refractivity contribution in [1.82, 2.24) is 4.90 Å². The Hall–Kier alpha value is -1.10. The molecule has 0 spiro atoms. The fraction of sp³-hybridized carbons (Fsp3) is 0.706. The van der Waals surface area contributed by atoms with Crippen LogP contribution in [0.1, 0.15) is 39.0 Å². The zero-order valence-electron chi connectivity index (χ0n) is 14.4. The van der Waals surface area contributed by atoms with Crippen LogP contribution in [0.2, 0.25) is 0 Å². The van der Waals surface area contributed by atoms with Gasteiger partial charge in [-0.3, -0.25) is 4.99 Å². The van der Waals surface area contributed by atoms with Crippen LogP contribution in [0, 0.1) is 5.92 Å². The van der Waals surface area contributed by atoms with Crippen LogP contribution >= 0.6 is 0 Å². The van der Waals surface area contributed by atoms with Gasteiger partial charge in [0, 0.05) is 26.3 Å². The zero-order valence-corrected chi connectivity index (χ0v) is 15.2. The van der Waals surface area contributed by atoms with Crippen LogP contribution in [0.25, 0.3) is 0 Å². The number of amidine groups is 1. The van der Waals surface area contributed by atoms with E-state index in [1.165, 1.54) is 37.8 Å². The Morgan fingerprint density at radius 1 is 1.27 bits per heavy atom. The van der Waals surface area contributed by atoms with E-state index in [0.29, 0.717) is 12.5 Å². The monoisotopic (exact) mass is 326 g/mol. The highest BCUT2D eigenvalue weighted by Gasteiger charge is 2.21. The largest absolute Gasteiger partial charge is 0.366 e. The summed E-state index contributed by atoms with van der Waals surface area (Å²) >= 11 is 0. The van der Waals surface area contributed by atoms with Crippen molar-refractivity contribution in [2.45, 2.75) is 39.0 Å². The predicted octanol–water partition coefficient (Wildman–Crippen LogP) is 3.07. The summed E-state index contributed by atoms with van der Waals surface area (Å²) in [6.45, 7) is 2.70. The molecule has 1 aliphatic carbocycles. The van der Waals surface area contributed by atoms with Crippen LogP contribution in [-0.2, 0) is 9.84 Å². The number of rotatable bonds is 7. The number of aliphatic imine (C=N–C) groups is 1. The Morgan fingerprint density at radius 3 is 2.41 bits per heavy atom. The standard InChI is InChI=1S/C17H30N2O2S/c1-5-9-15(10-8-13-22(4,20)21)14-18-17(19(2)3)16-11-6-7-12-16/h8-10,16H,5-7,11-14H2,1-4H3/b10-8-,15-9+,18-17?. The SMILES string of the molecule is CC/C=C(\C=C/CS(C)(=O)=O)CN=C(C1CCCC1)N(C)C. The molecule has 126 valence electrons. The van der Waals surface area contributed by atoms with Crippen molar-refractivity contribution in [1.29, 1.82) is 0 Å². The van der Waals surface area contributed by atoms with Crippen molar-refractivity contribution < 1.29 is 8.42 Å². The summed E-state index contributed by atoms with van der Waals surface area (Å²) in [5.74, 6) is 1.84. The fourth-order valence-electron chi connectivity index (χ4n) is 2.81. The lowest BCUT2D eigenvalue weighted by molar-refractivity contribution is 0.544. The molecule has 0 bridgehead atoms. The van der Waals surface area contributed by atoms with E-state index in [2.05, 4.69) is 32.0 Å². The first-order valence-electron chi connectivity index (χ1n) is 8.08. The van der Waals surface area contributed by atoms with E-state index < -0.39 is 9.84 Å². The van der Waals surface area contributed by atoms with E-state index in [-0.39, 0.29) is 5.75 Å². The maximum absolute atomic E-state index is 11.2. The minimum absolute atomic E-state index is 0.0843. The predicted molar refractivity (Wildman–Crippen MR) is 95.2 cm³/mol. The molecule has 0 radical (unpaired) electrons. The smallest absolute Gasteiger partial charge is 0.151 e. The van der Waals surface area contributed by atoms with Gasteiger partial charge < -0.3 is 4.90 Å². The van der Waals surface area contributed by atoms with Crippen molar-refractivity contribution in [3.63, 3.8) is 0 Å². The maximum atomic E-state index is 11.2. The molecule has 0 amide bonds. The highest BCUT2D eigenvalue weighted by atomic mass is 32.2. The van der Waals surface area contributed by atoms with Gasteiger partial charge in [0.05, 0.1) is 12.3 Å². The summed E-state index contributed by atoms with van der Waals surface area (Å²) in [6, 6.07) is 0. The van der Waals surface area contributed by atoms with E-state index in [1.807, 2.05) is 6.08 Å². The Balaban J connectivity index is 2.76. The van der Waals surface area contributed by atoms with Crippen LogP contribution in [0.15, 0.2) is 28.8 Å². The molecule has 0 aliphatic heterocycles. The minimum atomic E-state index is -2.95. The minimum Gasteiger partial charge on any atom is -0.366 e. The van der Waals surface area contributed by atoms with Gasteiger partial charge in [-0.05, 0) is 24.8 Å². The third-order valence-electron chi connectivity index (χ3n) is 3.80. The molecule has 0 unspecified atom stereocenters. The van der Waals surface area contributed by atoms with Crippen LogP contribution in [0.4, 0.5) is 0 Å². The molecule has 1 fully saturated rings. The molecule has 1 saturated carbocycles. The summed E-state index contributed by atoms with van der Waals surface area (Å²) in [7, 11) is 1.16. The first-order valence-corrected chi connectivity index (χ1v) is 10.1. The maximum Gasteiger partial charge on any atom is 0.151 e. The van der Waals surface area contributed by atoms with Crippen LogP contribution in [0.3, 0.4) is 0 Å². The highest BCUT2D eigenvalue weighted by Crippen LogP contribution is 2.26. The summed E-state index contributed by atoms with van der Waals surface area (Å²) in [5, 5.41) is 0. The van der Waals surface area contributed by atoms with Gasteiger partial charge in [0.2, 0.25) is 0 Å². The van der Waals surface area contributed by atoms with E-state index in [1.54, 1.807) is 6.08 Å². The summed E-state index contributed by atoms with van der Waals surface area (Å²) < 4.78 is 22.4. The molecule has 0 atom stereocenters. The molecular formula is C17H30N2O2S. The Bertz CT molecular complexity index is 525. The molecule has 0 heterocycles. The molecule has 1 rings (SSSR count). The Labute approximate surface area is 135 Å². The number of hydrogen-bond acceptors (Lipinski definition) is 3. The second kappa shape index (κ2) is 9.13. The van der Waals surface area contributed by atoms with Crippen LogP contribution in [-0.4, -0.2) is 51.8 Å². The molecule has 5 heteroatoms. The van der Waals surface area contributed by atoms with Gasteiger partial charge in [0.25, 0.3) is 0 Å². The number of sulfone groups is 1. The van der Waals surface area contributed by atoms with Crippen molar-refractivity contribution in [3.05, 3.63) is 23.8 Å². The summed E-state index contributed by atoms with van der Waals surface area (Å²) in [5.41, 5.74) is 1.09. The summed E-state index contributed by atoms with van der Waals surface area (Å²) in [4.78, 5) is 6.94.